The zero-order chi connectivity index (χ0) is 20.7. The van der Waals surface area contributed by atoms with Crippen molar-refractivity contribution in [3.8, 4) is 5.75 Å². The van der Waals surface area contributed by atoms with Crippen molar-refractivity contribution in [1.82, 2.24) is 9.62 Å². The molecule has 0 spiro atoms. The van der Waals surface area contributed by atoms with E-state index in [1.807, 2.05) is 62.4 Å². The molecular formula is C21H28N2O4S. The molecule has 0 aromatic heterocycles. The standard InChI is InChI=1S/C21H28N2O4S/c1-5-20(18-10-12-19(27-3)13-11-18)22-21(24)15-23(28(4,25)26)14-17-8-6-16(2)7-9-17/h6-13,20H,5,14-15H2,1-4H3,(H,22,24)/t20-/m0/s1. The first kappa shape index (κ1) is 21.9. The van der Waals surface area contributed by atoms with Gasteiger partial charge in [-0.1, -0.05) is 48.9 Å². The summed E-state index contributed by atoms with van der Waals surface area (Å²) in [6, 6.07) is 14.9. The van der Waals surface area contributed by atoms with Gasteiger partial charge in [0.05, 0.1) is 26.0 Å². The summed E-state index contributed by atoms with van der Waals surface area (Å²) in [6.45, 7) is 3.87. The van der Waals surface area contributed by atoms with E-state index in [4.69, 9.17) is 4.74 Å². The van der Waals surface area contributed by atoms with Gasteiger partial charge in [-0.3, -0.25) is 4.79 Å². The minimum absolute atomic E-state index is 0.159. The molecule has 0 aliphatic rings. The van der Waals surface area contributed by atoms with Gasteiger partial charge < -0.3 is 10.1 Å². The average Bonchev–Trinajstić information content (AvgIpc) is 2.66. The average molecular weight is 405 g/mol. The van der Waals surface area contributed by atoms with E-state index in [1.165, 1.54) is 4.31 Å². The quantitative estimate of drug-likeness (QED) is 0.697. The largest absolute Gasteiger partial charge is 0.497 e. The maximum absolute atomic E-state index is 12.6. The van der Waals surface area contributed by atoms with Crippen molar-refractivity contribution in [2.24, 2.45) is 0 Å². The number of nitrogens with one attached hydrogen (secondary N) is 1. The van der Waals surface area contributed by atoms with Crippen LogP contribution in [0.15, 0.2) is 48.5 Å². The number of rotatable bonds is 9. The number of hydrogen-bond donors (Lipinski definition) is 1. The van der Waals surface area contributed by atoms with E-state index < -0.39 is 10.0 Å². The van der Waals surface area contributed by atoms with Gasteiger partial charge in [0.2, 0.25) is 15.9 Å². The number of nitrogens with zero attached hydrogens (tertiary/aromatic N) is 1. The Kier molecular flexibility index (Phi) is 7.60. The Bertz CT molecular complexity index is 878. The molecule has 0 aliphatic carbocycles. The maximum atomic E-state index is 12.6. The smallest absolute Gasteiger partial charge is 0.235 e. The third-order valence-corrected chi connectivity index (χ3v) is 5.73. The summed E-state index contributed by atoms with van der Waals surface area (Å²) in [5.74, 6) is 0.409. The fourth-order valence-electron chi connectivity index (χ4n) is 2.84. The Hall–Kier alpha value is -2.38. The lowest BCUT2D eigenvalue weighted by molar-refractivity contribution is -0.122. The van der Waals surface area contributed by atoms with Crippen LogP contribution in [0.5, 0.6) is 5.75 Å². The van der Waals surface area contributed by atoms with Gasteiger partial charge in [-0.15, -0.1) is 0 Å². The van der Waals surface area contributed by atoms with Crippen LogP contribution in [0.3, 0.4) is 0 Å². The monoisotopic (exact) mass is 404 g/mol. The number of amides is 1. The lowest BCUT2D eigenvalue weighted by atomic mass is 10.0. The van der Waals surface area contributed by atoms with E-state index >= 15 is 0 Å². The van der Waals surface area contributed by atoms with E-state index in [2.05, 4.69) is 5.32 Å². The van der Waals surface area contributed by atoms with Gasteiger partial charge >= 0.3 is 0 Å². The predicted octanol–water partition coefficient (Wildman–Crippen LogP) is 3.03. The van der Waals surface area contributed by atoms with Crippen molar-refractivity contribution >= 4 is 15.9 Å². The number of carbonyl (C=O) groups excluding carboxylic acids is 1. The third kappa shape index (κ3) is 6.35. The molecule has 0 fully saturated rings. The van der Waals surface area contributed by atoms with Gasteiger partial charge in [-0.25, -0.2) is 8.42 Å². The van der Waals surface area contributed by atoms with Crippen LogP contribution in [0.25, 0.3) is 0 Å². The molecule has 0 saturated heterocycles. The van der Waals surface area contributed by atoms with Gasteiger partial charge in [0.25, 0.3) is 0 Å². The molecule has 0 unspecified atom stereocenters. The van der Waals surface area contributed by atoms with Crippen molar-refractivity contribution in [3.05, 3.63) is 65.2 Å². The van der Waals surface area contributed by atoms with Crippen LogP contribution in [0.2, 0.25) is 0 Å². The van der Waals surface area contributed by atoms with E-state index in [0.29, 0.717) is 6.42 Å². The first-order valence-corrected chi connectivity index (χ1v) is 11.0. The number of benzene rings is 2. The van der Waals surface area contributed by atoms with Gasteiger partial charge in [-0.05, 0) is 36.6 Å². The molecule has 0 radical (unpaired) electrons. The fraction of sp³-hybridized carbons (Fsp3) is 0.381. The third-order valence-electron chi connectivity index (χ3n) is 4.53. The first-order chi connectivity index (χ1) is 13.2. The van der Waals surface area contributed by atoms with Gasteiger partial charge in [0, 0.05) is 6.54 Å². The summed E-state index contributed by atoms with van der Waals surface area (Å²) in [5, 5.41) is 2.93. The van der Waals surface area contributed by atoms with Crippen LogP contribution in [0.1, 0.15) is 36.1 Å². The molecule has 1 atom stereocenters. The molecule has 2 aromatic rings. The van der Waals surface area contributed by atoms with Crippen LogP contribution in [0, 0.1) is 6.92 Å². The molecule has 0 bridgehead atoms. The SMILES string of the molecule is CC[C@H](NC(=O)CN(Cc1ccc(C)cc1)S(C)(=O)=O)c1ccc(OC)cc1. The molecule has 7 heteroatoms. The number of methoxy groups -OCH3 is 1. The summed E-state index contributed by atoms with van der Waals surface area (Å²) in [4.78, 5) is 12.6. The van der Waals surface area contributed by atoms with Crippen molar-refractivity contribution in [1.29, 1.82) is 0 Å². The van der Waals surface area contributed by atoms with E-state index in [-0.39, 0.29) is 25.0 Å². The van der Waals surface area contributed by atoms with Crippen molar-refractivity contribution in [3.63, 3.8) is 0 Å². The van der Waals surface area contributed by atoms with Crippen LogP contribution in [0.4, 0.5) is 0 Å². The van der Waals surface area contributed by atoms with Crippen LogP contribution >= 0.6 is 0 Å². The molecule has 1 amide bonds. The Balaban J connectivity index is 2.07. The van der Waals surface area contributed by atoms with Gasteiger partial charge in [0.1, 0.15) is 5.75 Å². The molecule has 2 aromatic carbocycles. The number of carbonyl (C=O) groups is 1. The van der Waals surface area contributed by atoms with Gasteiger partial charge in [-0.2, -0.15) is 4.31 Å². The minimum Gasteiger partial charge on any atom is -0.497 e. The highest BCUT2D eigenvalue weighted by Crippen LogP contribution is 2.20. The second-order valence-corrected chi connectivity index (χ2v) is 8.80. The normalized spacial score (nSPS) is 12.6. The van der Waals surface area contributed by atoms with Crippen molar-refractivity contribution in [2.75, 3.05) is 19.9 Å². The maximum Gasteiger partial charge on any atom is 0.235 e. The second kappa shape index (κ2) is 9.71. The summed E-state index contributed by atoms with van der Waals surface area (Å²) in [6.07, 6.45) is 1.81. The lowest BCUT2D eigenvalue weighted by Crippen LogP contribution is -2.41. The van der Waals surface area contributed by atoms with E-state index in [1.54, 1.807) is 7.11 Å². The van der Waals surface area contributed by atoms with E-state index in [9.17, 15) is 13.2 Å². The predicted molar refractivity (Wildman–Crippen MR) is 111 cm³/mol. The molecule has 1 N–H and O–H groups in total. The Labute approximate surface area is 167 Å². The minimum atomic E-state index is -3.53. The molecular weight excluding hydrogens is 376 g/mol. The first-order valence-electron chi connectivity index (χ1n) is 9.17. The highest BCUT2D eigenvalue weighted by atomic mass is 32.2. The number of sulfonamides is 1. The summed E-state index contributed by atoms with van der Waals surface area (Å²) in [5.41, 5.74) is 2.88. The van der Waals surface area contributed by atoms with Crippen molar-refractivity contribution in [2.45, 2.75) is 32.9 Å². The molecule has 6 nitrogen and oxygen atoms in total. The molecule has 2 rings (SSSR count). The van der Waals surface area contributed by atoms with Crippen LogP contribution < -0.4 is 10.1 Å². The van der Waals surface area contributed by atoms with Crippen LogP contribution in [-0.2, 0) is 21.4 Å². The van der Waals surface area contributed by atoms with Gasteiger partial charge in [0.15, 0.2) is 0 Å². The summed E-state index contributed by atoms with van der Waals surface area (Å²) < 4.78 is 30.7. The topological polar surface area (TPSA) is 75.7 Å². The number of aryl methyl sites for hydroxylation is 1. The summed E-state index contributed by atoms with van der Waals surface area (Å²) >= 11 is 0. The molecule has 0 saturated carbocycles. The fourth-order valence-corrected chi connectivity index (χ4v) is 3.58. The Morgan fingerprint density at radius 3 is 2.21 bits per heavy atom. The Morgan fingerprint density at radius 1 is 1.11 bits per heavy atom. The van der Waals surface area contributed by atoms with Crippen molar-refractivity contribution < 1.29 is 17.9 Å². The number of ether oxygens (including phenoxy) is 1. The van der Waals surface area contributed by atoms with E-state index in [0.717, 1.165) is 28.7 Å². The second-order valence-electron chi connectivity index (χ2n) is 6.82. The zero-order valence-electron chi connectivity index (χ0n) is 16.8. The lowest BCUT2D eigenvalue weighted by Gasteiger charge is -2.22. The number of hydrogen-bond acceptors (Lipinski definition) is 4. The highest BCUT2D eigenvalue weighted by Gasteiger charge is 2.22. The molecule has 0 aliphatic heterocycles. The van der Waals surface area contributed by atoms with Crippen LogP contribution in [-0.4, -0.2) is 38.5 Å². The zero-order valence-corrected chi connectivity index (χ0v) is 17.6. The summed E-state index contributed by atoms with van der Waals surface area (Å²) in [7, 11) is -1.93. The molecule has 152 valence electrons. The molecule has 0 heterocycles. The molecule has 28 heavy (non-hydrogen) atoms. The highest BCUT2D eigenvalue weighted by molar-refractivity contribution is 7.88. The Morgan fingerprint density at radius 2 is 1.71 bits per heavy atom.